The Labute approximate surface area is 127 Å². The van der Waals surface area contributed by atoms with E-state index in [2.05, 4.69) is 45.9 Å². The van der Waals surface area contributed by atoms with Crippen LogP contribution in [0, 0.1) is 19.8 Å². The predicted molar refractivity (Wildman–Crippen MR) is 86.9 cm³/mol. The molecule has 0 N–H and O–H groups in total. The van der Waals surface area contributed by atoms with Crippen molar-refractivity contribution in [2.24, 2.45) is 5.92 Å². The van der Waals surface area contributed by atoms with E-state index < -0.39 is 0 Å². The molecule has 0 bridgehead atoms. The van der Waals surface area contributed by atoms with Crippen LogP contribution >= 0.6 is 0 Å². The highest BCUT2D eigenvalue weighted by Crippen LogP contribution is 2.32. The number of hydrogen-bond donors (Lipinski definition) is 0. The summed E-state index contributed by atoms with van der Waals surface area (Å²) in [5.41, 5.74) is 4.17. The average Bonchev–Trinajstić information content (AvgIpc) is 2.81. The first-order valence-electron chi connectivity index (χ1n) is 7.56. The van der Waals surface area contributed by atoms with Gasteiger partial charge in [-0.2, -0.15) is 0 Å². The highest BCUT2D eigenvalue weighted by atomic mass is 16.3. The van der Waals surface area contributed by atoms with Gasteiger partial charge in [-0.3, -0.25) is 4.79 Å². The van der Waals surface area contributed by atoms with Crippen LogP contribution in [0.5, 0.6) is 0 Å². The number of hydrogen-bond acceptors (Lipinski definition) is 2. The molecular weight excluding hydrogens is 260 g/mol. The summed E-state index contributed by atoms with van der Waals surface area (Å²) in [5, 5.41) is 0. The molecule has 1 aromatic heterocycles. The lowest BCUT2D eigenvalue weighted by molar-refractivity contribution is 0.0937. The van der Waals surface area contributed by atoms with Crippen LogP contribution in [0.25, 0.3) is 11.3 Å². The minimum absolute atomic E-state index is 0.0211. The lowest BCUT2D eigenvalue weighted by atomic mass is 9.96. The summed E-state index contributed by atoms with van der Waals surface area (Å²) in [7, 11) is 0. The van der Waals surface area contributed by atoms with Crippen molar-refractivity contribution < 1.29 is 9.21 Å². The van der Waals surface area contributed by atoms with Crippen LogP contribution in [-0.2, 0) is 0 Å². The van der Waals surface area contributed by atoms with Gasteiger partial charge in [0.1, 0.15) is 11.5 Å². The Morgan fingerprint density at radius 1 is 0.952 bits per heavy atom. The van der Waals surface area contributed by atoms with Crippen molar-refractivity contribution in [3.63, 3.8) is 0 Å². The predicted octanol–water partition coefficient (Wildman–Crippen LogP) is 5.53. The van der Waals surface area contributed by atoms with E-state index in [-0.39, 0.29) is 17.6 Å². The molecule has 0 atom stereocenters. The molecule has 21 heavy (non-hydrogen) atoms. The molecule has 112 valence electrons. The van der Waals surface area contributed by atoms with Crippen LogP contribution in [0.4, 0.5) is 0 Å². The summed E-state index contributed by atoms with van der Waals surface area (Å²) in [6, 6.07) is 8.24. The van der Waals surface area contributed by atoms with Gasteiger partial charge in [-0.15, -0.1) is 0 Å². The summed E-state index contributed by atoms with van der Waals surface area (Å²) in [6.45, 7) is 12.1. The van der Waals surface area contributed by atoms with Gasteiger partial charge >= 0.3 is 0 Å². The van der Waals surface area contributed by atoms with Gasteiger partial charge in [0, 0.05) is 17.4 Å². The third-order valence-electron chi connectivity index (χ3n) is 3.58. The number of benzene rings is 1. The van der Waals surface area contributed by atoms with Crippen molar-refractivity contribution in [2.45, 2.75) is 47.5 Å². The molecule has 1 heterocycles. The molecule has 0 aliphatic rings. The van der Waals surface area contributed by atoms with Crippen LogP contribution in [0.2, 0.25) is 0 Å². The van der Waals surface area contributed by atoms with E-state index in [1.54, 1.807) is 0 Å². The summed E-state index contributed by atoms with van der Waals surface area (Å²) in [6.07, 6.45) is 0. The molecule has 0 saturated heterocycles. The number of carbonyl (C=O) groups is 1. The van der Waals surface area contributed by atoms with Crippen molar-refractivity contribution >= 4 is 5.78 Å². The summed E-state index contributed by atoms with van der Waals surface area (Å²) < 4.78 is 6.02. The average molecular weight is 284 g/mol. The van der Waals surface area contributed by atoms with E-state index in [1.807, 2.05) is 19.9 Å². The van der Waals surface area contributed by atoms with Gasteiger partial charge in [-0.05, 0) is 32.0 Å². The van der Waals surface area contributed by atoms with Gasteiger partial charge in [0.25, 0.3) is 0 Å². The maximum atomic E-state index is 12.4. The Hall–Kier alpha value is -1.83. The Balaban J connectivity index is 2.56. The van der Waals surface area contributed by atoms with E-state index in [9.17, 15) is 4.79 Å². The molecule has 2 heteroatoms. The first-order valence-corrected chi connectivity index (χ1v) is 7.56. The van der Waals surface area contributed by atoms with Crippen molar-refractivity contribution in [3.8, 4) is 11.3 Å². The summed E-state index contributed by atoms with van der Waals surface area (Å²) in [5.74, 6) is 1.91. The van der Waals surface area contributed by atoms with E-state index >= 15 is 0 Å². The van der Waals surface area contributed by atoms with Gasteiger partial charge < -0.3 is 4.42 Å². The van der Waals surface area contributed by atoms with Crippen LogP contribution in [0.3, 0.4) is 0 Å². The van der Waals surface area contributed by atoms with E-state index in [4.69, 9.17) is 4.42 Å². The van der Waals surface area contributed by atoms with Crippen LogP contribution in [-0.4, -0.2) is 5.78 Å². The number of aryl methyl sites for hydroxylation is 2. The van der Waals surface area contributed by atoms with Gasteiger partial charge in [0.15, 0.2) is 5.78 Å². The maximum absolute atomic E-state index is 12.4. The second kappa shape index (κ2) is 5.88. The third-order valence-corrected chi connectivity index (χ3v) is 3.58. The molecule has 2 rings (SSSR count). The highest BCUT2D eigenvalue weighted by molar-refractivity contribution is 5.99. The lowest BCUT2D eigenvalue weighted by Crippen LogP contribution is -2.09. The highest BCUT2D eigenvalue weighted by Gasteiger charge is 2.22. The van der Waals surface area contributed by atoms with Crippen molar-refractivity contribution in [1.29, 1.82) is 0 Å². The van der Waals surface area contributed by atoms with E-state index in [0.717, 1.165) is 22.6 Å². The fourth-order valence-corrected chi connectivity index (χ4v) is 2.60. The number of ketones is 1. The normalized spacial score (nSPS) is 11.4. The standard InChI is InChI=1S/C19H24O2/c1-11(2)18(20)16-10-17(21-19(16)12(3)4)15-8-13(5)7-14(6)9-15/h7-12H,1-6H3. The van der Waals surface area contributed by atoms with Gasteiger partial charge in [0.05, 0.1) is 5.56 Å². The van der Waals surface area contributed by atoms with Crippen LogP contribution < -0.4 is 0 Å². The largest absolute Gasteiger partial charge is 0.460 e. The Morgan fingerprint density at radius 3 is 2.00 bits per heavy atom. The third kappa shape index (κ3) is 3.26. The smallest absolute Gasteiger partial charge is 0.168 e. The van der Waals surface area contributed by atoms with Crippen LogP contribution in [0.15, 0.2) is 28.7 Å². The fraction of sp³-hybridized carbons (Fsp3) is 0.421. The molecule has 0 unspecified atom stereocenters. The number of furan rings is 1. The van der Waals surface area contributed by atoms with Gasteiger partial charge in [-0.1, -0.05) is 44.9 Å². The molecule has 2 aromatic rings. The topological polar surface area (TPSA) is 30.2 Å². The Bertz CT molecular complexity index is 640. The molecular formula is C19H24O2. The first-order chi connectivity index (χ1) is 9.79. The zero-order chi connectivity index (χ0) is 15.7. The summed E-state index contributed by atoms with van der Waals surface area (Å²) in [4.78, 5) is 12.4. The number of carbonyl (C=O) groups excluding carboxylic acids is 1. The second-order valence-electron chi connectivity index (χ2n) is 6.44. The molecule has 0 amide bonds. The lowest BCUT2D eigenvalue weighted by Gasteiger charge is -2.06. The van der Waals surface area contributed by atoms with Gasteiger partial charge in [-0.25, -0.2) is 0 Å². The quantitative estimate of drug-likeness (QED) is 0.691. The van der Waals surface area contributed by atoms with Crippen molar-refractivity contribution in [1.82, 2.24) is 0 Å². The molecule has 0 saturated carbocycles. The molecule has 0 aliphatic carbocycles. The molecule has 0 spiro atoms. The molecule has 0 fully saturated rings. The second-order valence-corrected chi connectivity index (χ2v) is 6.44. The SMILES string of the molecule is Cc1cc(C)cc(-c2cc(C(=O)C(C)C)c(C(C)C)o2)c1. The number of rotatable bonds is 4. The fourth-order valence-electron chi connectivity index (χ4n) is 2.60. The molecule has 2 nitrogen and oxygen atoms in total. The Kier molecular flexibility index (Phi) is 4.36. The zero-order valence-corrected chi connectivity index (χ0v) is 13.8. The zero-order valence-electron chi connectivity index (χ0n) is 13.8. The first kappa shape index (κ1) is 15.6. The molecule has 0 aliphatic heterocycles. The monoisotopic (exact) mass is 284 g/mol. The maximum Gasteiger partial charge on any atom is 0.168 e. The number of Topliss-reactive ketones (excluding diaryl/α,β-unsaturated/α-hetero) is 1. The minimum Gasteiger partial charge on any atom is -0.460 e. The van der Waals surface area contributed by atoms with Crippen LogP contribution in [0.1, 0.15) is 60.9 Å². The van der Waals surface area contributed by atoms with E-state index in [0.29, 0.717) is 0 Å². The van der Waals surface area contributed by atoms with E-state index in [1.165, 1.54) is 11.1 Å². The summed E-state index contributed by atoms with van der Waals surface area (Å²) >= 11 is 0. The minimum atomic E-state index is -0.0211. The molecule has 1 aromatic carbocycles. The van der Waals surface area contributed by atoms with Crippen molar-refractivity contribution in [2.75, 3.05) is 0 Å². The Morgan fingerprint density at radius 2 is 1.52 bits per heavy atom. The van der Waals surface area contributed by atoms with Crippen molar-refractivity contribution in [3.05, 3.63) is 46.7 Å². The molecule has 0 radical (unpaired) electrons. The van der Waals surface area contributed by atoms with Gasteiger partial charge in [0.2, 0.25) is 0 Å².